The Bertz CT molecular complexity index is 4950. The Morgan fingerprint density at radius 3 is 0.839 bits per heavy atom. The molecule has 5 aromatic heterocycles. The topological polar surface area (TPSA) is 19.4 Å². The molecule has 5 aromatic carbocycles. The third-order valence-electron chi connectivity index (χ3n) is 22.9. The number of benzene rings is 5. The molecule has 0 saturated carbocycles. The number of aryl methyl sites for hydroxylation is 16. The quantitative estimate of drug-likeness (QED) is 0.0679. The molecule has 0 saturated heterocycles. The van der Waals surface area contributed by atoms with Crippen molar-refractivity contribution in [1.29, 1.82) is 0 Å². The summed E-state index contributed by atoms with van der Waals surface area (Å²) in [7, 11) is 11.0. The minimum absolute atomic E-state index is 0.177. The molecule has 0 radical (unpaired) electrons. The van der Waals surface area contributed by atoms with Gasteiger partial charge in [0.2, 0.25) is 0 Å². The van der Waals surface area contributed by atoms with Crippen LogP contribution >= 0.6 is 0 Å². The van der Waals surface area contributed by atoms with Crippen molar-refractivity contribution in [3.63, 3.8) is 0 Å². The summed E-state index contributed by atoms with van der Waals surface area (Å²) in [5.74, 6) is 38.9. The first-order valence-corrected chi connectivity index (χ1v) is 78.8. The second kappa shape index (κ2) is 38.8. The molecule has 0 aliphatic rings. The number of hydrogen-bond acceptors (Lipinski definition) is 0. The average Bonchev–Trinajstić information content (AvgIpc) is 0.798. The molecular weight excluding hydrogens is 1660 g/mol. The first-order valence-electron chi connectivity index (χ1n) is 42.0. The molecule has 0 aliphatic carbocycles. The van der Waals surface area contributed by atoms with Crippen LogP contribution in [0.15, 0.2) is 152 Å². The third kappa shape index (κ3) is 25.1. The monoisotopic (exact) mass is 1820 g/mol. The fraction of sp³-hybridized carbons (Fsp3) is 0.461. The van der Waals surface area contributed by atoms with Crippen LogP contribution in [0.25, 0.3) is 56.3 Å². The van der Waals surface area contributed by atoms with Gasteiger partial charge in [0, 0.05) is 0 Å². The predicted molar refractivity (Wildman–Crippen MR) is 507 cm³/mol. The van der Waals surface area contributed by atoms with E-state index in [0.29, 0.717) is 17.8 Å². The van der Waals surface area contributed by atoms with Crippen LogP contribution in [0.3, 0.4) is 0 Å². The molecule has 10 rings (SSSR count). The maximum absolute atomic E-state index is 2.47. The Morgan fingerprint density at radius 2 is 0.554 bits per heavy atom. The van der Waals surface area contributed by atoms with Crippen LogP contribution in [0.1, 0.15) is 170 Å². The van der Waals surface area contributed by atoms with E-state index in [1.165, 1.54) is 153 Å². The van der Waals surface area contributed by atoms with Crippen molar-refractivity contribution in [2.45, 2.75) is 261 Å². The molecule has 10 heteroatoms. The number of hydrogen-bond donors (Lipinski definition) is 0. The molecule has 0 atom stereocenters. The van der Waals surface area contributed by atoms with Gasteiger partial charge in [0.25, 0.3) is 0 Å². The minimum atomic E-state index is -1.83. The summed E-state index contributed by atoms with van der Waals surface area (Å²) < 4.78 is 19.6. The fourth-order valence-corrected chi connectivity index (χ4v) is 35.4. The average molecular weight is 1810 g/mol. The van der Waals surface area contributed by atoms with E-state index in [9.17, 15) is 0 Å². The van der Waals surface area contributed by atoms with E-state index in [4.69, 9.17) is 0 Å². The van der Waals surface area contributed by atoms with Gasteiger partial charge in [-0.25, -0.2) is 0 Å². The van der Waals surface area contributed by atoms with Crippen LogP contribution in [0.4, 0.5) is 0 Å². The summed E-state index contributed by atoms with van der Waals surface area (Å²) in [5.41, 5.74) is 34.7. The van der Waals surface area contributed by atoms with Gasteiger partial charge < -0.3 is 0 Å². The third-order valence-corrected chi connectivity index (χ3v) is 45.4. The molecule has 0 N–H and O–H groups in total. The molecular formula is C102H154Ge5N5+5. The SMILES string of the molecule is CCC(CC)c1ccc(C)c(-c2cc(C)[c]([Ge]([CH3])([CH3])[CH3])c[n+]2C)c1.Cc1ccc(C(C)(C)C)cc1-c1cc(C)[c]([Ge]([CH3])([CH3])[CH3])c[n+]1C.Cc1ccc(C(C)C)cc1-c1cc(C)[c]([Ge]([CH3])([CH3])[CH3])c[n+]1C.Cc1ccc(C)c(-c2cc(C)[c]([Ge]([CH3])([CH3])[CH3])c[n+]2C)c1.Cc1ccc(CC(C)C)cc1-c1cc(C)[c]([Ge]([CH3])([CH3])[CH3])c[n+]1C. The molecule has 0 fully saturated rings. The normalized spacial score (nSPS) is 12.1. The molecule has 602 valence electrons. The van der Waals surface area contributed by atoms with E-state index in [1.54, 1.807) is 22.0 Å². The Hall–Kier alpha value is -5.44. The predicted octanol–water partition coefficient (Wildman–Crippen LogP) is 22.5. The van der Waals surface area contributed by atoms with E-state index < -0.39 is 66.3 Å². The molecule has 0 amide bonds. The van der Waals surface area contributed by atoms with Gasteiger partial charge in [-0.2, -0.15) is 0 Å². The molecule has 112 heavy (non-hydrogen) atoms. The first-order chi connectivity index (χ1) is 51.5. The zero-order valence-electron chi connectivity index (χ0n) is 78.5. The fourth-order valence-electron chi connectivity index (χ4n) is 16.1. The van der Waals surface area contributed by atoms with Gasteiger partial charge >= 0.3 is 706 Å². The first kappa shape index (κ1) is 95.4. The van der Waals surface area contributed by atoms with E-state index in [0.717, 1.165) is 6.42 Å². The zero-order valence-corrected chi connectivity index (χ0v) is 89.0. The molecule has 5 heterocycles. The number of pyridine rings is 5. The standard InChI is InChI=1S/C22H34GeN.2C21H32GeN.C20H30GeN.C18H26GeN/c1-9-18(10-2)19-12-11-16(3)20(14-19)22-13-17(4)21(15-24(22)8)23(5,6)7;1-15-10-11-17(21(3,4)5)13-18(15)20-12-16(2)19(14-23(20)9)22(6,7)8;1-15(2)11-18-10-9-16(3)19(13-18)21-12-17(4)20(14-23(21)8)22(5,6)7;1-14(2)17-10-9-15(3)18(12-17)20-11-16(4)19(13-22(20)8)21(5,6)7;1-13-8-9-14(2)16(10-13)18-11-15(3)17(12-20(18)7)19(4,5)6/h11-15,18H,9-10H2,1-8H3;10-14H,1-9H3;9-10,12-15H,11H2,1-8H3;9-14H,1-8H3;8-12H,1-7H3/q5*+1. The van der Waals surface area contributed by atoms with E-state index in [-0.39, 0.29) is 5.41 Å². The summed E-state index contributed by atoms with van der Waals surface area (Å²) in [6.45, 7) is 45.1. The summed E-state index contributed by atoms with van der Waals surface area (Å²) in [6.07, 6.45) is 15.5. The van der Waals surface area contributed by atoms with Crippen molar-refractivity contribution in [3.8, 4) is 56.3 Å². The number of rotatable bonds is 16. The Balaban J connectivity index is 0.000000218. The van der Waals surface area contributed by atoms with Gasteiger partial charge in [0.1, 0.15) is 0 Å². The Labute approximate surface area is 699 Å². The van der Waals surface area contributed by atoms with E-state index >= 15 is 0 Å². The van der Waals surface area contributed by atoms with Crippen molar-refractivity contribution < 1.29 is 22.8 Å². The number of aromatic nitrogens is 5. The van der Waals surface area contributed by atoms with E-state index in [2.05, 4.69) is 435 Å². The van der Waals surface area contributed by atoms with Gasteiger partial charge in [-0.1, -0.05) is 0 Å². The summed E-state index contributed by atoms with van der Waals surface area (Å²) in [6, 6.07) is 46.4. The van der Waals surface area contributed by atoms with Crippen molar-refractivity contribution in [1.82, 2.24) is 0 Å². The zero-order chi connectivity index (χ0) is 84.7. The van der Waals surface area contributed by atoms with Crippen molar-refractivity contribution >= 4 is 88.3 Å². The number of nitrogens with zero attached hydrogens (tertiary/aromatic N) is 5. The van der Waals surface area contributed by atoms with Crippen molar-refractivity contribution in [3.05, 3.63) is 236 Å². The van der Waals surface area contributed by atoms with Crippen LogP contribution in [0, 0.1) is 82.1 Å². The van der Waals surface area contributed by atoms with Crippen molar-refractivity contribution in [2.75, 3.05) is 0 Å². The maximum atomic E-state index is 2.47. The second-order valence-electron chi connectivity index (χ2n) is 40.2. The van der Waals surface area contributed by atoms with Gasteiger partial charge in [-0.3, -0.25) is 0 Å². The summed E-state index contributed by atoms with van der Waals surface area (Å²) in [4.78, 5) is 0. The molecule has 5 nitrogen and oxygen atoms in total. The van der Waals surface area contributed by atoms with Crippen LogP contribution in [0.5, 0.6) is 0 Å². The van der Waals surface area contributed by atoms with Gasteiger partial charge in [0.05, 0.1) is 0 Å². The van der Waals surface area contributed by atoms with Crippen LogP contribution in [0.2, 0.25) is 86.3 Å². The van der Waals surface area contributed by atoms with Crippen molar-refractivity contribution in [2.24, 2.45) is 41.2 Å². The van der Waals surface area contributed by atoms with Crippen LogP contribution in [-0.2, 0) is 47.1 Å². The Morgan fingerprint density at radius 1 is 0.295 bits per heavy atom. The van der Waals surface area contributed by atoms with E-state index in [1.807, 2.05) is 0 Å². The molecule has 10 aromatic rings. The summed E-state index contributed by atoms with van der Waals surface area (Å²) in [5, 5.41) is 0. The van der Waals surface area contributed by atoms with Crippen LogP contribution < -0.4 is 44.8 Å². The molecule has 0 unspecified atom stereocenters. The van der Waals surface area contributed by atoms with Gasteiger partial charge in [-0.05, 0) is 0 Å². The van der Waals surface area contributed by atoms with Gasteiger partial charge in [0.15, 0.2) is 0 Å². The Kier molecular flexibility index (Phi) is 33.0. The second-order valence-corrected chi connectivity index (χ2v) is 93.1. The molecule has 0 spiro atoms. The molecule has 0 bridgehead atoms. The molecule has 0 aliphatic heterocycles. The summed E-state index contributed by atoms with van der Waals surface area (Å²) >= 11 is -9.07. The van der Waals surface area contributed by atoms with Gasteiger partial charge in [-0.15, -0.1) is 0 Å². The van der Waals surface area contributed by atoms with Crippen LogP contribution in [-0.4, -0.2) is 66.3 Å².